The molecule has 0 N–H and O–H groups in total. The van der Waals surface area contributed by atoms with Gasteiger partial charge in [-0.15, -0.1) is 0 Å². The molecule has 1 aromatic heterocycles. The molecule has 0 saturated carbocycles. The van der Waals surface area contributed by atoms with E-state index in [1.165, 1.54) is 22.5 Å². The van der Waals surface area contributed by atoms with E-state index in [0.717, 1.165) is 12.8 Å². The number of aryl methyl sites for hydroxylation is 1. The molecule has 104 valence electrons. The third kappa shape index (κ3) is 3.54. The average Bonchev–Trinajstić information content (AvgIpc) is 2.44. The fourth-order valence-corrected chi connectivity index (χ4v) is 2.10. The molecule has 0 aliphatic rings. The van der Waals surface area contributed by atoms with Crippen LogP contribution in [0.2, 0.25) is 5.02 Å². The average molecular weight is 291 g/mol. The van der Waals surface area contributed by atoms with E-state index < -0.39 is 5.69 Å². The van der Waals surface area contributed by atoms with Crippen LogP contribution in [0, 0.1) is 0 Å². The van der Waals surface area contributed by atoms with Gasteiger partial charge in [-0.3, -0.25) is 9.36 Å². The van der Waals surface area contributed by atoms with E-state index >= 15 is 0 Å². The highest BCUT2D eigenvalue weighted by Crippen LogP contribution is 2.09. The fourth-order valence-electron chi connectivity index (χ4n) is 1.93. The van der Waals surface area contributed by atoms with Crippen molar-refractivity contribution in [2.75, 3.05) is 0 Å². The highest BCUT2D eigenvalue weighted by Gasteiger charge is 2.08. The highest BCUT2D eigenvalue weighted by molar-refractivity contribution is 6.30. The standard InChI is InChI=1S/C15H15ClN2O2/c1-2-3-11-4-6-12(7-5-11)14(19)10-18-9-13(16)8-17-15(18)20/h4-9H,2-3,10H2,1H3. The number of hydrogen-bond donors (Lipinski definition) is 0. The maximum Gasteiger partial charge on any atom is 0.348 e. The second-order valence-corrected chi connectivity index (χ2v) is 4.99. The second kappa shape index (κ2) is 6.48. The van der Waals surface area contributed by atoms with Gasteiger partial charge in [0.25, 0.3) is 0 Å². The first-order valence-corrected chi connectivity index (χ1v) is 6.82. The molecule has 2 rings (SSSR count). The molecule has 0 bridgehead atoms. The number of hydrogen-bond acceptors (Lipinski definition) is 3. The Bertz CT molecular complexity index is 662. The summed E-state index contributed by atoms with van der Waals surface area (Å²) in [6.45, 7) is 2.05. The predicted octanol–water partition coefficient (Wildman–Crippen LogP) is 2.73. The highest BCUT2D eigenvalue weighted by atomic mass is 35.5. The molecule has 5 heteroatoms. The molecular formula is C15H15ClN2O2. The number of benzene rings is 1. The van der Waals surface area contributed by atoms with Crippen molar-refractivity contribution in [2.24, 2.45) is 0 Å². The van der Waals surface area contributed by atoms with Crippen molar-refractivity contribution in [3.05, 3.63) is 63.3 Å². The van der Waals surface area contributed by atoms with Crippen LogP contribution in [0.1, 0.15) is 29.3 Å². The number of nitrogens with zero attached hydrogens (tertiary/aromatic N) is 2. The zero-order valence-corrected chi connectivity index (χ0v) is 11.9. The molecule has 0 aliphatic carbocycles. The van der Waals surface area contributed by atoms with Crippen LogP contribution in [-0.2, 0) is 13.0 Å². The molecule has 1 heterocycles. The minimum Gasteiger partial charge on any atom is -0.292 e. The van der Waals surface area contributed by atoms with Crippen molar-refractivity contribution in [2.45, 2.75) is 26.3 Å². The molecule has 2 aromatic rings. The Morgan fingerprint density at radius 1 is 1.30 bits per heavy atom. The predicted molar refractivity (Wildman–Crippen MR) is 78.3 cm³/mol. The Morgan fingerprint density at radius 2 is 2.00 bits per heavy atom. The van der Waals surface area contributed by atoms with E-state index in [-0.39, 0.29) is 12.3 Å². The minimum atomic E-state index is -0.481. The lowest BCUT2D eigenvalue weighted by molar-refractivity contribution is 0.0970. The lowest BCUT2D eigenvalue weighted by atomic mass is 10.1. The summed E-state index contributed by atoms with van der Waals surface area (Å²) in [5, 5.41) is 0.329. The molecule has 0 aliphatic heterocycles. The lowest BCUT2D eigenvalue weighted by Gasteiger charge is -2.05. The minimum absolute atomic E-state index is 0.0560. The number of rotatable bonds is 5. The lowest BCUT2D eigenvalue weighted by Crippen LogP contribution is -2.25. The van der Waals surface area contributed by atoms with Gasteiger partial charge in [-0.1, -0.05) is 49.2 Å². The van der Waals surface area contributed by atoms with Gasteiger partial charge < -0.3 is 0 Å². The molecule has 4 nitrogen and oxygen atoms in total. The number of halogens is 1. The van der Waals surface area contributed by atoms with Gasteiger partial charge in [-0.25, -0.2) is 9.78 Å². The van der Waals surface area contributed by atoms with Crippen LogP contribution in [0.15, 0.2) is 41.5 Å². The summed E-state index contributed by atoms with van der Waals surface area (Å²) in [7, 11) is 0. The Labute approximate surface area is 122 Å². The summed E-state index contributed by atoms with van der Waals surface area (Å²) >= 11 is 5.77. The first kappa shape index (κ1) is 14.5. The van der Waals surface area contributed by atoms with E-state index in [1.54, 1.807) is 12.1 Å². The summed E-state index contributed by atoms with van der Waals surface area (Å²) in [6.07, 6.45) is 4.74. The van der Waals surface area contributed by atoms with E-state index in [1.807, 2.05) is 12.1 Å². The van der Waals surface area contributed by atoms with Crippen molar-refractivity contribution in [3.63, 3.8) is 0 Å². The summed E-state index contributed by atoms with van der Waals surface area (Å²) in [4.78, 5) is 27.2. The molecule has 20 heavy (non-hydrogen) atoms. The number of carbonyl (C=O) groups is 1. The zero-order chi connectivity index (χ0) is 14.5. The van der Waals surface area contributed by atoms with Crippen molar-refractivity contribution in [1.29, 1.82) is 0 Å². The number of aromatic nitrogens is 2. The summed E-state index contributed by atoms with van der Waals surface area (Å²) in [5.74, 6) is -0.140. The zero-order valence-electron chi connectivity index (χ0n) is 11.2. The van der Waals surface area contributed by atoms with Gasteiger partial charge in [0, 0.05) is 11.8 Å². The summed E-state index contributed by atoms with van der Waals surface area (Å²) < 4.78 is 1.21. The van der Waals surface area contributed by atoms with Crippen LogP contribution in [0.25, 0.3) is 0 Å². The fraction of sp³-hybridized carbons (Fsp3) is 0.267. The Hall–Kier alpha value is -1.94. The van der Waals surface area contributed by atoms with Crippen molar-refractivity contribution < 1.29 is 4.79 Å². The van der Waals surface area contributed by atoms with Gasteiger partial charge in [-0.2, -0.15) is 0 Å². The van der Waals surface area contributed by atoms with E-state index in [9.17, 15) is 9.59 Å². The van der Waals surface area contributed by atoms with Gasteiger partial charge in [0.2, 0.25) is 0 Å². The van der Waals surface area contributed by atoms with Gasteiger partial charge in [0.05, 0.1) is 17.8 Å². The first-order chi connectivity index (χ1) is 9.60. The van der Waals surface area contributed by atoms with Crippen LogP contribution in [0.5, 0.6) is 0 Å². The third-order valence-electron chi connectivity index (χ3n) is 2.95. The van der Waals surface area contributed by atoms with Gasteiger partial charge in [0.15, 0.2) is 5.78 Å². The SMILES string of the molecule is CCCc1ccc(C(=O)Cn2cc(Cl)cnc2=O)cc1. The van der Waals surface area contributed by atoms with E-state index in [4.69, 9.17) is 11.6 Å². The Balaban J connectivity index is 2.15. The Morgan fingerprint density at radius 3 is 2.65 bits per heavy atom. The van der Waals surface area contributed by atoms with E-state index in [0.29, 0.717) is 10.6 Å². The van der Waals surface area contributed by atoms with Gasteiger partial charge >= 0.3 is 5.69 Å². The third-order valence-corrected chi connectivity index (χ3v) is 3.15. The maximum absolute atomic E-state index is 12.1. The largest absolute Gasteiger partial charge is 0.348 e. The van der Waals surface area contributed by atoms with Crippen LogP contribution in [0.4, 0.5) is 0 Å². The molecule has 0 spiro atoms. The first-order valence-electron chi connectivity index (χ1n) is 6.44. The van der Waals surface area contributed by atoms with Crippen molar-refractivity contribution in [1.82, 2.24) is 9.55 Å². The second-order valence-electron chi connectivity index (χ2n) is 4.55. The van der Waals surface area contributed by atoms with Crippen molar-refractivity contribution >= 4 is 17.4 Å². The van der Waals surface area contributed by atoms with Gasteiger partial charge in [0.1, 0.15) is 0 Å². The van der Waals surface area contributed by atoms with Crippen LogP contribution < -0.4 is 5.69 Å². The quantitative estimate of drug-likeness (QED) is 0.796. The number of ketones is 1. The smallest absolute Gasteiger partial charge is 0.292 e. The van der Waals surface area contributed by atoms with Crippen LogP contribution in [-0.4, -0.2) is 15.3 Å². The molecule has 0 saturated heterocycles. The normalized spacial score (nSPS) is 10.5. The van der Waals surface area contributed by atoms with Crippen molar-refractivity contribution in [3.8, 4) is 0 Å². The van der Waals surface area contributed by atoms with E-state index in [2.05, 4.69) is 11.9 Å². The van der Waals surface area contributed by atoms with Gasteiger partial charge in [-0.05, 0) is 12.0 Å². The number of Topliss-reactive ketones (excluding diaryl/α,β-unsaturated/α-hetero) is 1. The monoisotopic (exact) mass is 290 g/mol. The molecular weight excluding hydrogens is 276 g/mol. The molecule has 0 radical (unpaired) electrons. The molecule has 0 amide bonds. The molecule has 0 atom stereocenters. The van der Waals surface area contributed by atoms with Crippen LogP contribution in [0.3, 0.4) is 0 Å². The molecule has 0 fully saturated rings. The summed E-state index contributed by atoms with van der Waals surface area (Å²) in [6, 6.07) is 7.46. The topological polar surface area (TPSA) is 52.0 Å². The maximum atomic E-state index is 12.1. The Kier molecular flexibility index (Phi) is 4.69. The molecule has 1 aromatic carbocycles. The summed E-state index contributed by atoms with van der Waals surface area (Å²) in [5.41, 5.74) is 1.30. The number of carbonyl (C=O) groups excluding carboxylic acids is 1. The molecule has 0 unspecified atom stereocenters. The van der Waals surface area contributed by atoms with Crippen LogP contribution >= 0.6 is 11.6 Å².